The van der Waals surface area contributed by atoms with Crippen LogP contribution in [0.2, 0.25) is 0 Å². The predicted octanol–water partition coefficient (Wildman–Crippen LogP) is 3.88. The van der Waals surface area contributed by atoms with E-state index in [1.807, 2.05) is 37.3 Å². The number of carbonyl (C=O) groups excluding carboxylic acids is 3. The van der Waals surface area contributed by atoms with Gasteiger partial charge in [0.1, 0.15) is 24.2 Å². The van der Waals surface area contributed by atoms with Gasteiger partial charge in [0.05, 0.1) is 30.2 Å². The number of anilines is 1. The SMILES string of the molecule is Cc1cc(C(=O)Nc2ccc3c(c2)C(=O)N(C)[C@H]2CC[C@H](CC(=O)N[C@@H](C)c4ccccc4)O[C@@H]2CO3)no1. The van der Waals surface area contributed by atoms with Gasteiger partial charge in [0.2, 0.25) is 5.91 Å². The van der Waals surface area contributed by atoms with Gasteiger partial charge in [0.25, 0.3) is 11.8 Å². The van der Waals surface area contributed by atoms with Crippen LogP contribution >= 0.6 is 0 Å². The number of aryl methyl sites for hydroxylation is 1. The molecule has 3 aromatic rings. The third kappa shape index (κ3) is 5.96. The van der Waals surface area contributed by atoms with E-state index in [2.05, 4.69) is 15.8 Å². The highest BCUT2D eigenvalue weighted by Crippen LogP contribution is 2.32. The summed E-state index contributed by atoms with van der Waals surface area (Å²) in [5.74, 6) is 0.183. The van der Waals surface area contributed by atoms with E-state index < -0.39 is 5.91 Å². The number of fused-ring (bicyclic) bond motifs is 2. The lowest BCUT2D eigenvalue weighted by Gasteiger charge is -2.42. The fraction of sp³-hybridized carbons (Fsp3) is 0.379. The smallest absolute Gasteiger partial charge is 0.277 e. The first-order valence-electron chi connectivity index (χ1n) is 13.1. The number of nitrogens with zero attached hydrogens (tertiary/aromatic N) is 2. The van der Waals surface area contributed by atoms with E-state index in [0.717, 1.165) is 5.56 Å². The fourth-order valence-electron chi connectivity index (χ4n) is 5.11. The van der Waals surface area contributed by atoms with Crippen molar-refractivity contribution in [3.8, 4) is 5.75 Å². The van der Waals surface area contributed by atoms with Crippen molar-refractivity contribution in [1.29, 1.82) is 0 Å². The molecule has 1 saturated heterocycles. The Morgan fingerprint density at radius 1 is 1.13 bits per heavy atom. The Morgan fingerprint density at radius 3 is 2.67 bits per heavy atom. The molecule has 0 bridgehead atoms. The lowest BCUT2D eigenvalue weighted by Crippen LogP contribution is -2.54. The normalized spacial score (nSPS) is 21.5. The summed E-state index contributed by atoms with van der Waals surface area (Å²) in [7, 11) is 1.75. The number of amides is 3. The van der Waals surface area contributed by atoms with Crippen LogP contribution in [-0.4, -0.2) is 59.7 Å². The second-order valence-electron chi connectivity index (χ2n) is 10.1. The van der Waals surface area contributed by atoms with Crippen molar-refractivity contribution < 1.29 is 28.4 Å². The molecule has 3 heterocycles. The number of aromatic nitrogens is 1. The first-order chi connectivity index (χ1) is 18.8. The number of ether oxygens (including phenoxy) is 2. The summed E-state index contributed by atoms with van der Waals surface area (Å²) in [6, 6.07) is 16.0. The topological polar surface area (TPSA) is 123 Å². The quantitative estimate of drug-likeness (QED) is 0.494. The van der Waals surface area contributed by atoms with Crippen LogP contribution in [0.15, 0.2) is 59.1 Å². The summed E-state index contributed by atoms with van der Waals surface area (Å²) >= 11 is 0. The van der Waals surface area contributed by atoms with E-state index in [4.69, 9.17) is 14.0 Å². The van der Waals surface area contributed by atoms with Crippen LogP contribution in [0.25, 0.3) is 0 Å². The molecule has 3 amide bonds. The summed E-state index contributed by atoms with van der Waals surface area (Å²) in [6.45, 7) is 3.89. The Kier molecular flexibility index (Phi) is 7.65. The van der Waals surface area contributed by atoms with Gasteiger partial charge in [-0.3, -0.25) is 14.4 Å². The molecule has 1 fully saturated rings. The molecule has 10 nitrogen and oxygen atoms in total. The number of rotatable bonds is 6. The van der Waals surface area contributed by atoms with E-state index in [0.29, 0.717) is 35.6 Å². The molecule has 0 saturated carbocycles. The number of likely N-dealkylation sites (N-methyl/N-ethyl adjacent to an activating group) is 1. The molecule has 5 rings (SSSR count). The van der Waals surface area contributed by atoms with Crippen molar-refractivity contribution >= 4 is 23.4 Å². The fourth-order valence-corrected chi connectivity index (χ4v) is 5.11. The Labute approximate surface area is 226 Å². The number of nitrogens with one attached hydrogen (secondary N) is 2. The minimum Gasteiger partial charge on any atom is -0.490 e. The zero-order chi connectivity index (χ0) is 27.5. The summed E-state index contributed by atoms with van der Waals surface area (Å²) in [5.41, 5.74) is 1.98. The Bertz CT molecular complexity index is 1360. The highest BCUT2D eigenvalue weighted by Gasteiger charge is 2.39. The molecule has 1 aromatic heterocycles. The molecule has 2 aromatic carbocycles. The molecular weight excluding hydrogens is 500 g/mol. The van der Waals surface area contributed by atoms with Crippen LogP contribution in [0.5, 0.6) is 5.75 Å². The van der Waals surface area contributed by atoms with Gasteiger partial charge >= 0.3 is 0 Å². The first-order valence-corrected chi connectivity index (χ1v) is 13.1. The summed E-state index contributed by atoms with van der Waals surface area (Å²) in [6.07, 6.45) is 0.923. The molecule has 0 radical (unpaired) electrons. The molecule has 0 aliphatic carbocycles. The number of benzene rings is 2. The van der Waals surface area contributed by atoms with E-state index >= 15 is 0 Å². The molecule has 4 atom stereocenters. The Morgan fingerprint density at radius 2 is 1.92 bits per heavy atom. The molecule has 10 heteroatoms. The Balaban J connectivity index is 1.23. The van der Waals surface area contributed by atoms with Crippen LogP contribution in [-0.2, 0) is 9.53 Å². The average Bonchev–Trinajstić information content (AvgIpc) is 3.38. The number of hydrogen-bond acceptors (Lipinski definition) is 7. The highest BCUT2D eigenvalue weighted by molar-refractivity contribution is 6.04. The molecule has 204 valence electrons. The van der Waals surface area contributed by atoms with E-state index in [-0.39, 0.29) is 54.8 Å². The summed E-state index contributed by atoms with van der Waals surface area (Å²) in [5, 5.41) is 9.51. The van der Waals surface area contributed by atoms with Crippen LogP contribution < -0.4 is 15.4 Å². The largest absolute Gasteiger partial charge is 0.490 e. The van der Waals surface area contributed by atoms with Gasteiger partial charge in [-0.15, -0.1) is 0 Å². The maximum atomic E-state index is 13.5. The third-order valence-electron chi connectivity index (χ3n) is 7.22. The minimum absolute atomic E-state index is 0.0771. The van der Waals surface area contributed by atoms with E-state index in [1.165, 1.54) is 6.07 Å². The average molecular weight is 533 g/mol. The van der Waals surface area contributed by atoms with Gasteiger partial charge in [-0.25, -0.2) is 0 Å². The minimum atomic E-state index is -0.437. The maximum Gasteiger partial charge on any atom is 0.277 e. The van der Waals surface area contributed by atoms with Gasteiger partial charge in [-0.05, 0) is 50.5 Å². The zero-order valence-electron chi connectivity index (χ0n) is 22.2. The molecular formula is C29H32N4O6. The van der Waals surface area contributed by atoms with Crippen molar-refractivity contribution in [1.82, 2.24) is 15.4 Å². The van der Waals surface area contributed by atoms with Gasteiger partial charge in [-0.1, -0.05) is 35.5 Å². The molecule has 39 heavy (non-hydrogen) atoms. The first kappa shape index (κ1) is 26.4. The monoisotopic (exact) mass is 532 g/mol. The molecule has 2 N–H and O–H groups in total. The van der Waals surface area contributed by atoms with Crippen molar-refractivity contribution in [2.24, 2.45) is 0 Å². The lowest BCUT2D eigenvalue weighted by molar-refractivity contribution is -0.134. The molecule has 0 unspecified atom stereocenters. The van der Waals surface area contributed by atoms with Crippen LogP contribution in [0, 0.1) is 6.92 Å². The molecule has 2 aliphatic heterocycles. The van der Waals surface area contributed by atoms with Gasteiger partial charge < -0.3 is 29.5 Å². The summed E-state index contributed by atoms with van der Waals surface area (Å²) in [4.78, 5) is 40.3. The predicted molar refractivity (Wildman–Crippen MR) is 143 cm³/mol. The number of carbonyl (C=O) groups is 3. The molecule has 2 aliphatic rings. The van der Waals surface area contributed by atoms with Crippen molar-refractivity contribution in [2.45, 2.75) is 57.4 Å². The van der Waals surface area contributed by atoms with Crippen LogP contribution in [0.4, 0.5) is 5.69 Å². The number of hydrogen-bond donors (Lipinski definition) is 2. The summed E-state index contributed by atoms with van der Waals surface area (Å²) < 4.78 is 17.3. The van der Waals surface area contributed by atoms with E-state index in [1.54, 1.807) is 37.1 Å². The Hall–Kier alpha value is -4.18. The van der Waals surface area contributed by atoms with Gasteiger partial charge in [0, 0.05) is 18.8 Å². The standard InChI is InChI=1S/C29H32N4O6/c1-17-13-23(32-39-17)28(35)31-20-9-12-25-22(14-20)29(36)33(3)24-11-10-21(38-26(24)16-37-25)15-27(34)30-18(2)19-7-5-4-6-8-19/h4-9,12-14,18,21,24,26H,10-11,15-16H2,1-3H3,(H,30,34)(H,31,35)/t18-,21+,24-,26+/m0/s1. The van der Waals surface area contributed by atoms with Crippen LogP contribution in [0.1, 0.15) is 64.4 Å². The highest BCUT2D eigenvalue weighted by atomic mass is 16.5. The maximum absolute atomic E-state index is 13.5. The van der Waals surface area contributed by atoms with Gasteiger partial charge in [-0.2, -0.15) is 0 Å². The second kappa shape index (κ2) is 11.3. The second-order valence-corrected chi connectivity index (χ2v) is 10.1. The van der Waals surface area contributed by atoms with Crippen molar-refractivity contribution in [3.05, 3.63) is 77.2 Å². The third-order valence-corrected chi connectivity index (χ3v) is 7.22. The zero-order valence-corrected chi connectivity index (χ0v) is 22.2. The van der Waals surface area contributed by atoms with Gasteiger partial charge in [0.15, 0.2) is 5.69 Å². The van der Waals surface area contributed by atoms with Crippen molar-refractivity contribution in [3.63, 3.8) is 0 Å². The van der Waals surface area contributed by atoms with Crippen LogP contribution in [0.3, 0.4) is 0 Å². The van der Waals surface area contributed by atoms with E-state index in [9.17, 15) is 14.4 Å². The lowest BCUT2D eigenvalue weighted by atomic mass is 9.94. The molecule has 0 spiro atoms. The van der Waals surface area contributed by atoms with Crippen molar-refractivity contribution in [2.75, 3.05) is 19.0 Å².